The Bertz CT molecular complexity index is 776. The highest BCUT2D eigenvalue weighted by molar-refractivity contribution is 8.03. The second-order valence-corrected chi connectivity index (χ2v) is 6.97. The third-order valence-corrected chi connectivity index (χ3v) is 5.17. The summed E-state index contributed by atoms with van der Waals surface area (Å²) in [6, 6.07) is 14.9. The fourth-order valence-electron chi connectivity index (χ4n) is 2.44. The molecule has 0 saturated carbocycles. The van der Waals surface area contributed by atoms with Crippen molar-refractivity contribution in [1.29, 1.82) is 0 Å². The number of para-hydroxylation sites is 1. The maximum Gasteiger partial charge on any atom is 0.308 e. The van der Waals surface area contributed by atoms with Gasteiger partial charge in [-0.3, -0.25) is 15.2 Å². The van der Waals surface area contributed by atoms with Crippen LogP contribution in [0.1, 0.15) is 12.0 Å². The summed E-state index contributed by atoms with van der Waals surface area (Å²) < 4.78 is 0. The van der Waals surface area contributed by atoms with Crippen molar-refractivity contribution in [3.8, 4) is 0 Å². The van der Waals surface area contributed by atoms with Crippen molar-refractivity contribution in [2.45, 2.75) is 6.42 Å². The number of thioether (sulfide) groups is 1. The Morgan fingerprint density at radius 1 is 1.12 bits per heavy atom. The van der Waals surface area contributed by atoms with Crippen LogP contribution >= 0.6 is 35.0 Å². The number of rotatable bonds is 5. The minimum atomic E-state index is -0.858. The number of nitrogens with zero attached hydrogens (tertiary/aromatic N) is 1. The predicted molar refractivity (Wildman–Crippen MR) is 100.0 cm³/mol. The first-order chi connectivity index (χ1) is 11.6. The van der Waals surface area contributed by atoms with Crippen LogP contribution in [0.3, 0.4) is 0 Å². The van der Waals surface area contributed by atoms with E-state index in [1.165, 1.54) is 11.8 Å². The van der Waals surface area contributed by atoms with E-state index in [1.807, 2.05) is 35.3 Å². The lowest BCUT2D eigenvalue weighted by molar-refractivity contribution is -0.136. The number of hydrogen-bond acceptors (Lipinski definition) is 4. The van der Waals surface area contributed by atoms with Gasteiger partial charge >= 0.3 is 5.97 Å². The number of halogens is 2. The quantitative estimate of drug-likeness (QED) is 0.748. The second kappa shape index (κ2) is 7.38. The molecule has 0 radical (unpaired) electrons. The number of anilines is 1. The van der Waals surface area contributed by atoms with Crippen molar-refractivity contribution in [2.75, 3.05) is 11.3 Å². The highest BCUT2D eigenvalue weighted by atomic mass is 35.5. The Morgan fingerprint density at radius 2 is 1.79 bits per heavy atom. The summed E-state index contributed by atoms with van der Waals surface area (Å²) in [5.74, 6) is -0.294. The molecule has 0 aliphatic carbocycles. The van der Waals surface area contributed by atoms with Crippen LogP contribution in [0, 0.1) is 0 Å². The van der Waals surface area contributed by atoms with Gasteiger partial charge in [0.05, 0.1) is 33.7 Å². The molecular weight excluding hydrogens is 367 g/mol. The van der Waals surface area contributed by atoms with E-state index in [1.54, 1.807) is 18.2 Å². The maximum atomic E-state index is 11.2. The van der Waals surface area contributed by atoms with Crippen LogP contribution in [0.15, 0.2) is 53.4 Å². The van der Waals surface area contributed by atoms with Gasteiger partial charge in [-0.1, -0.05) is 59.6 Å². The molecule has 0 bridgehead atoms. The van der Waals surface area contributed by atoms with Crippen LogP contribution in [0.4, 0.5) is 5.69 Å². The molecule has 3 rings (SSSR count). The summed E-state index contributed by atoms with van der Waals surface area (Å²) >= 11 is 14.0. The van der Waals surface area contributed by atoms with Gasteiger partial charge in [0.2, 0.25) is 0 Å². The third-order valence-electron chi connectivity index (χ3n) is 3.47. The second-order valence-electron chi connectivity index (χ2n) is 5.12. The lowest BCUT2D eigenvalue weighted by Gasteiger charge is -2.25. The molecule has 1 aliphatic rings. The molecule has 0 amide bonds. The summed E-state index contributed by atoms with van der Waals surface area (Å²) in [5, 5.41) is 12.1. The minimum absolute atomic E-state index is 0.0245. The van der Waals surface area contributed by atoms with E-state index in [9.17, 15) is 9.90 Å². The van der Waals surface area contributed by atoms with Gasteiger partial charge in [0.25, 0.3) is 0 Å². The summed E-state index contributed by atoms with van der Waals surface area (Å²) in [5.41, 5.74) is 5.60. The summed E-state index contributed by atoms with van der Waals surface area (Å²) in [6.45, 7) is 0. The first-order valence-corrected chi connectivity index (χ1v) is 8.92. The monoisotopic (exact) mass is 380 g/mol. The van der Waals surface area contributed by atoms with E-state index in [0.717, 1.165) is 16.2 Å². The van der Waals surface area contributed by atoms with E-state index in [0.29, 0.717) is 21.6 Å². The number of carboxylic acid groups (broad SMARTS) is 1. The molecule has 2 aromatic carbocycles. The first kappa shape index (κ1) is 17.0. The van der Waals surface area contributed by atoms with Crippen LogP contribution in [-0.4, -0.2) is 22.0 Å². The van der Waals surface area contributed by atoms with Crippen molar-refractivity contribution in [2.24, 2.45) is 0 Å². The number of hydrazine groups is 1. The van der Waals surface area contributed by atoms with Gasteiger partial charge in [0.1, 0.15) is 0 Å². The Kier molecular flexibility index (Phi) is 5.23. The lowest BCUT2D eigenvalue weighted by Crippen LogP contribution is -2.25. The van der Waals surface area contributed by atoms with Crippen molar-refractivity contribution in [3.63, 3.8) is 0 Å². The SMILES string of the molecule is O=C(O)CC1=C(c2ccccc2)N(Nc2c(Cl)cccc2Cl)CS1. The van der Waals surface area contributed by atoms with E-state index in [2.05, 4.69) is 5.43 Å². The normalized spacial score (nSPS) is 14.2. The number of carboxylic acids is 1. The molecule has 2 N–H and O–H groups in total. The Labute approximate surface area is 154 Å². The average molecular weight is 381 g/mol. The molecule has 4 nitrogen and oxygen atoms in total. The zero-order chi connectivity index (χ0) is 17.1. The fraction of sp³-hybridized carbons (Fsp3) is 0.118. The molecule has 24 heavy (non-hydrogen) atoms. The number of carbonyl (C=O) groups is 1. The smallest absolute Gasteiger partial charge is 0.308 e. The molecule has 2 aromatic rings. The molecule has 0 spiro atoms. The Hall–Kier alpha value is -1.82. The molecule has 124 valence electrons. The molecule has 0 atom stereocenters. The Morgan fingerprint density at radius 3 is 2.42 bits per heavy atom. The first-order valence-electron chi connectivity index (χ1n) is 7.17. The molecule has 1 aliphatic heterocycles. The van der Waals surface area contributed by atoms with E-state index < -0.39 is 5.97 Å². The van der Waals surface area contributed by atoms with Crippen molar-refractivity contribution < 1.29 is 9.90 Å². The number of aliphatic carboxylic acids is 1. The molecule has 1 heterocycles. The average Bonchev–Trinajstić information content (AvgIpc) is 2.93. The molecular formula is C17H14Cl2N2O2S. The van der Waals surface area contributed by atoms with Gasteiger partial charge in [0, 0.05) is 10.5 Å². The zero-order valence-corrected chi connectivity index (χ0v) is 14.8. The highest BCUT2D eigenvalue weighted by Crippen LogP contribution is 2.41. The van der Waals surface area contributed by atoms with Gasteiger partial charge < -0.3 is 5.11 Å². The molecule has 0 unspecified atom stereocenters. The largest absolute Gasteiger partial charge is 0.481 e. The van der Waals surface area contributed by atoms with E-state index in [-0.39, 0.29) is 6.42 Å². The fourth-order valence-corrected chi connectivity index (χ4v) is 3.99. The number of hydrogen-bond donors (Lipinski definition) is 2. The van der Waals surface area contributed by atoms with Crippen LogP contribution < -0.4 is 5.43 Å². The van der Waals surface area contributed by atoms with Crippen LogP contribution in [0.5, 0.6) is 0 Å². The summed E-state index contributed by atoms with van der Waals surface area (Å²) in [4.78, 5) is 12.0. The Balaban J connectivity index is 1.98. The standard InChI is InChI=1S/C17H14Cl2N2O2S/c18-12-7-4-8-13(19)16(12)20-21-10-24-14(9-15(22)23)17(21)11-5-2-1-3-6-11/h1-8,20H,9-10H2,(H,22,23). The summed E-state index contributed by atoms with van der Waals surface area (Å²) in [7, 11) is 0. The van der Waals surface area contributed by atoms with Gasteiger partial charge in [-0.2, -0.15) is 0 Å². The zero-order valence-electron chi connectivity index (χ0n) is 12.5. The van der Waals surface area contributed by atoms with E-state index >= 15 is 0 Å². The maximum absolute atomic E-state index is 11.2. The molecule has 0 saturated heterocycles. The van der Waals surface area contributed by atoms with Crippen molar-refractivity contribution >= 4 is 52.3 Å². The van der Waals surface area contributed by atoms with Gasteiger partial charge in [-0.25, -0.2) is 0 Å². The van der Waals surface area contributed by atoms with Crippen LogP contribution in [0.2, 0.25) is 10.0 Å². The lowest BCUT2D eigenvalue weighted by atomic mass is 10.1. The topological polar surface area (TPSA) is 52.6 Å². The van der Waals surface area contributed by atoms with Gasteiger partial charge in [-0.15, -0.1) is 11.8 Å². The molecule has 7 heteroatoms. The number of benzene rings is 2. The van der Waals surface area contributed by atoms with Crippen molar-refractivity contribution in [1.82, 2.24) is 5.01 Å². The third kappa shape index (κ3) is 3.64. The van der Waals surface area contributed by atoms with Crippen LogP contribution in [-0.2, 0) is 4.79 Å². The van der Waals surface area contributed by atoms with Crippen LogP contribution in [0.25, 0.3) is 5.70 Å². The molecule has 0 aromatic heterocycles. The van der Waals surface area contributed by atoms with Gasteiger partial charge in [0.15, 0.2) is 0 Å². The van der Waals surface area contributed by atoms with E-state index in [4.69, 9.17) is 23.2 Å². The highest BCUT2D eigenvalue weighted by Gasteiger charge is 2.27. The van der Waals surface area contributed by atoms with Gasteiger partial charge in [-0.05, 0) is 12.1 Å². The predicted octanol–water partition coefficient (Wildman–Crippen LogP) is 5.17. The van der Waals surface area contributed by atoms with Crippen molar-refractivity contribution in [3.05, 3.63) is 69.0 Å². The minimum Gasteiger partial charge on any atom is -0.481 e. The number of nitrogens with one attached hydrogen (secondary N) is 1. The molecule has 0 fully saturated rings. The summed E-state index contributed by atoms with van der Waals surface area (Å²) in [6.07, 6.45) is -0.0245.